The number of rotatable bonds is 3. The molecule has 20 heavy (non-hydrogen) atoms. The molecule has 0 aliphatic carbocycles. The van der Waals surface area contributed by atoms with Crippen LogP contribution in [0.1, 0.15) is 18.5 Å². The molecular formula is C13H13BrN2O4. The number of nitrogens with one attached hydrogen (secondary N) is 1. The van der Waals surface area contributed by atoms with Crippen molar-refractivity contribution in [2.75, 3.05) is 6.61 Å². The number of hydrogen-bond donors (Lipinski definition) is 2. The van der Waals surface area contributed by atoms with E-state index in [1.165, 1.54) is 12.3 Å². The second kappa shape index (κ2) is 6.04. The van der Waals surface area contributed by atoms with E-state index in [1.807, 2.05) is 0 Å². The predicted octanol–water partition coefficient (Wildman–Crippen LogP) is 2.17. The Kier molecular flexibility index (Phi) is 4.39. The highest BCUT2D eigenvalue weighted by atomic mass is 79.9. The minimum absolute atomic E-state index is 0.0110. The lowest BCUT2D eigenvalue weighted by Crippen LogP contribution is -2.41. The summed E-state index contributed by atoms with van der Waals surface area (Å²) in [5.74, 6) is -1.28. The molecule has 0 saturated heterocycles. The minimum Gasteiger partial charge on any atom is -0.508 e. The van der Waals surface area contributed by atoms with E-state index in [0.717, 1.165) is 4.47 Å². The number of urea groups is 1. The first kappa shape index (κ1) is 14.5. The number of carbonyl (C=O) groups is 2. The quantitative estimate of drug-likeness (QED) is 0.825. The van der Waals surface area contributed by atoms with Gasteiger partial charge < -0.3 is 15.2 Å². The van der Waals surface area contributed by atoms with Gasteiger partial charge in [-0.1, -0.05) is 15.9 Å². The van der Waals surface area contributed by atoms with Crippen molar-refractivity contribution in [3.63, 3.8) is 0 Å². The van der Waals surface area contributed by atoms with Crippen LogP contribution < -0.4 is 5.32 Å². The number of phenols is 1. The van der Waals surface area contributed by atoms with Crippen molar-refractivity contribution in [3.05, 3.63) is 28.2 Å². The fourth-order valence-electron chi connectivity index (χ4n) is 1.98. The molecule has 0 radical (unpaired) electrons. The third-order valence-corrected chi connectivity index (χ3v) is 3.37. The van der Waals surface area contributed by atoms with Gasteiger partial charge in [0.05, 0.1) is 12.6 Å². The van der Waals surface area contributed by atoms with Crippen LogP contribution in [0, 0.1) is 5.92 Å². The van der Waals surface area contributed by atoms with E-state index in [0.29, 0.717) is 5.56 Å². The molecule has 1 heterocycles. The molecule has 1 aromatic rings. The van der Waals surface area contributed by atoms with E-state index in [2.05, 4.69) is 26.2 Å². The number of ether oxygens (including phenoxy) is 1. The van der Waals surface area contributed by atoms with Crippen molar-refractivity contribution in [1.82, 2.24) is 5.32 Å². The van der Waals surface area contributed by atoms with Gasteiger partial charge in [0.15, 0.2) is 0 Å². The SMILES string of the molecule is CCOC(=O)C1C=NC(=O)NC1c1cc(Br)ccc1O. The summed E-state index contributed by atoms with van der Waals surface area (Å²) in [6, 6.07) is 3.52. The zero-order valence-corrected chi connectivity index (χ0v) is 12.3. The van der Waals surface area contributed by atoms with Crippen LogP contribution >= 0.6 is 15.9 Å². The lowest BCUT2D eigenvalue weighted by atomic mass is 9.92. The average Bonchev–Trinajstić information content (AvgIpc) is 2.41. The second-order valence-electron chi connectivity index (χ2n) is 4.19. The monoisotopic (exact) mass is 340 g/mol. The second-order valence-corrected chi connectivity index (χ2v) is 5.10. The number of carbonyl (C=O) groups excluding carboxylic acids is 2. The summed E-state index contributed by atoms with van der Waals surface area (Å²) >= 11 is 3.29. The molecule has 2 unspecified atom stereocenters. The summed E-state index contributed by atoms with van der Waals surface area (Å²) in [5.41, 5.74) is 0.428. The Morgan fingerprint density at radius 3 is 3.00 bits per heavy atom. The Morgan fingerprint density at radius 1 is 1.55 bits per heavy atom. The van der Waals surface area contributed by atoms with Crippen LogP contribution in [0.25, 0.3) is 0 Å². The topological polar surface area (TPSA) is 88.0 Å². The molecule has 2 N–H and O–H groups in total. The van der Waals surface area contributed by atoms with Gasteiger partial charge in [-0.05, 0) is 25.1 Å². The number of nitrogens with zero attached hydrogens (tertiary/aromatic N) is 1. The number of esters is 1. The van der Waals surface area contributed by atoms with E-state index in [9.17, 15) is 14.7 Å². The molecule has 2 atom stereocenters. The van der Waals surface area contributed by atoms with E-state index >= 15 is 0 Å². The average molecular weight is 341 g/mol. The first-order valence-corrected chi connectivity index (χ1v) is 6.82. The van der Waals surface area contributed by atoms with Crippen LogP contribution in [0.4, 0.5) is 4.79 Å². The van der Waals surface area contributed by atoms with Crippen LogP contribution in [0.5, 0.6) is 5.75 Å². The Bertz CT molecular complexity index is 573. The van der Waals surface area contributed by atoms with Crippen molar-refractivity contribution in [1.29, 1.82) is 0 Å². The van der Waals surface area contributed by atoms with Crippen LogP contribution in [-0.2, 0) is 9.53 Å². The molecule has 0 aromatic heterocycles. The highest BCUT2D eigenvalue weighted by molar-refractivity contribution is 9.10. The van der Waals surface area contributed by atoms with Crippen LogP contribution in [0.15, 0.2) is 27.7 Å². The molecule has 0 saturated carbocycles. The zero-order chi connectivity index (χ0) is 14.7. The molecular weight excluding hydrogens is 328 g/mol. The molecule has 7 heteroatoms. The highest BCUT2D eigenvalue weighted by Gasteiger charge is 2.35. The maximum atomic E-state index is 11.9. The van der Waals surface area contributed by atoms with E-state index in [1.54, 1.807) is 19.1 Å². The Labute approximate surface area is 124 Å². The summed E-state index contributed by atoms with van der Waals surface area (Å²) < 4.78 is 5.69. The van der Waals surface area contributed by atoms with Gasteiger partial charge in [0.2, 0.25) is 0 Å². The first-order valence-electron chi connectivity index (χ1n) is 6.02. The van der Waals surface area contributed by atoms with Gasteiger partial charge in [0.1, 0.15) is 11.7 Å². The summed E-state index contributed by atoms with van der Waals surface area (Å²) in [7, 11) is 0. The van der Waals surface area contributed by atoms with Crippen molar-refractivity contribution in [2.24, 2.45) is 10.9 Å². The van der Waals surface area contributed by atoms with Crippen LogP contribution in [0.2, 0.25) is 0 Å². The van der Waals surface area contributed by atoms with Gasteiger partial charge >= 0.3 is 12.0 Å². The lowest BCUT2D eigenvalue weighted by molar-refractivity contribution is -0.146. The molecule has 0 bridgehead atoms. The lowest BCUT2D eigenvalue weighted by Gasteiger charge is -2.27. The third kappa shape index (κ3) is 2.98. The molecule has 6 nitrogen and oxygen atoms in total. The number of hydrogen-bond acceptors (Lipinski definition) is 4. The standard InChI is InChI=1S/C13H13BrN2O4/c1-2-20-12(18)9-6-15-13(19)16-11(9)8-5-7(14)3-4-10(8)17/h3-6,9,11,17H,2H2,1H3,(H,16,19). The maximum absolute atomic E-state index is 11.9. The largest absolute Gasteiger partial charge is 0.508 e. The summed E-state index contributed by atoms with van der Waals surface area (Å²) in [6.07, 6.45) is 1.25. The van der Waals surface area contributed by atoms with Crippen LogP contribution in [-0.4, -0.2) is 29.9 Å². The molecule has 1 aliphatic heterocycles. The van der Waals surface area contributed by atoms with Gasteiger partial charge in [0, 0.05) is 16.3 Å². The van der Waals surface area contributed by atoms with E-state index in [-0.39, 0.29) is 12.4 Å². The normalized spacial score (nSPS) is 21.4. The number of benzene rings is 1. The van der Waals surface area contributed by atoms with Gasteiger partial charge in [0.25, 0.3) is 0 Å². The first-order chi connectivity index (χ1) is 9.52. The number of aliphatic imine (C=N–C) groups is 1. The van der Waals surface area contributed by atoms with Gasteiger partial charge in [-0.25, -0.2) is 9.79 Å². The highest BCUT2D eigenvalue weighted by Crippen LogP contribution is 2.33. The van der Waals surface area contributed by atoms with E-state index < -0.39 is 24.0 Å². The summed E-state index contributed by atoms with van der Waals surface area (Å²) in [6.45, 7) is 1.93. The zero-order valence-electron chi connectivity index (χ0n) is 10.7. The summed E-state index contributed by atoms with van der Waals surface area (Å²) in [4.78, 5) is 26.9. The Hall–Kier alpha value is -1.89. The Morgan fingerprint density at radius 2 is 2.30 bits per heavy atom. The molecule has 2 amide bonds. The molecule has 106 valence electrons. The van der Waals surface area contributed by atoms with Gasteiger partial charge in [-0.3, -0.25) is 4.79 Å². The number of phenolic OH excluding ortho intramolecular Hbond substituents is 1. The van der Waals surface area contributed by atoms with Crippen molar-refractivity contribution >= 4 is 34.1 Å². The molecule has 2 rings (SSSR count). The maximum Gasteiger partial charge on any atom is 0.341 e. The minimum atomic E-state index is -0.771. The van der Waals surface area contributed by atoms with Crippen molar-refractivity contribution in [3.8, 4) is 5.75 Å². The van der Waals surface area contributed by atoms with Crippen molar-refractivity contribution < 1.29 is 19.4 Å². The number of amides is 2. The van der Waals surface area contributed by atoms with Crippen LogP contribution in [0.3, 0.4) is 0 Å². The Balaban J connectivity index is 2.40. The van der Waals surface area contributed by atoms with Gasteiger partial charge in [-0.2, -0.15) is 0 Å². The predicted molar refractivity (Wildman–Crippen MR) is 75.7 cm³/mol. The molecule has 1 aromatic carbocycles. The molecule has 0 spiro atoms. The molecule has 1 aliphatic rings. The fraction of sp³-hybridized carbons (Fsp3) is 0.308. The third-order valence-electron chi connectivity index (χ3n) is 2.87. The summed E-state index contributed by atoms with van der Waals surface area (Å²) in [5, 5.41) is 12.5. The van der Waals surface area contributed by atoms with Crippen molar-refractivity contribution in [2.45, 2.75) is 13.0 Å². The fourth-order valence-corrected chi connectivity index (χ4v) is 2.35. The smallest absolute Gasteiger partial charge is 0.341 e. The molecule has 0 fully saturated rings. The van der Waals surface area contributed by atoms with Gasteiger partial charge in [-0.15, -0.1) is 0 Å². The number of halogens is 1. The number of aromatic hydroxyl groups is 1. The van der Waals surface area contributed by atoms with E-state index in [4.69, 9.17) is 4.74 Å².